The molecule has 28 heavy (non-hydrogen) atoms. The smallest absolute Gasteiger partial charge is 0.331 e. The van der Waals surface area contributed by atoms with Crippen LogP contribution in [0.25, 0.3) is 6.08 Å². The molecule has 8 heteroatoms. The molecule has 0 fully saturated rings. The van der Waals surface area contributed by atoms with E-state index in [-0.39, 0.29) is 6.79 Å². The van der Waals surface area contributed by atoms with Gasteiger partial charge in [0.15, 0.2) is 11.5 Å². The normalized spacial score (nSPS) is 13.0. The fourth-order valence-corrected chi connectivity index (χ4v) is 2.48. The van der Waals surface area contributed by atoms with Crippen molar-refractivity contribution in [3.05, 3.63) is 65.7 Å². The second-order valence-corrected chi connectivity index (χ2v) is 5.74. The molecule has 2 aromatic rings. The number of fused-ring (bicyclic) bond motifs is 1. The largest absolute Gasteiger partial charge is 0.454 e. The zero-order valence-corrected chi connectivity index (χ0v) is 15.0. The van der Waals surface area contributed by atoms with Crippen molar-refractivity contribution in [2.75, 3.05) is 13.8 Å². The monoisotopic (exact) mass is 382 g/mol. The van der Waals surface area contributed by atoms with Gasteiger partial charge in [-0.25, -0.2) is 9.59 Å². The van der Waals surface area contributed by atoms with E-state index in [2.05, 4.69) is 10.6 Å². The average molecular weight is 382 g/mol. The Morgan fingerprint density at radius 3 is 2.57 bits per heavy atom. The second-order valence-electron chi connectivity index (χ2n) is 5.74. The van der Waals surface area contributed by atoms with Crippen molar-refractivity contribution in [3.8, 4) is 11.5 Å². The Bertz CT molecular complexity index is 910. The van der Waals surface area contributed by atoms with Crippen LogP contribution in [0.1, 0.15) is 17.2 Å². The molecule has 0 saturated carbocycles. The number of ether oxygens (including phenoxy) is 3. The Morgan fingerprint density at radius 2 is 1.82 bits per heavy atom. The van der Waals surface area contributed by atoms with Gasteiger partial charge in [-0.15, -0.1) is 0 Å². The fraction of sp³-hybridized carbons (Fsp3) is 0.150. The molecule has 0 spiro atoms. The third kappa shape index (κ3) is 4.67. The molecule has 0 aliphatic carbocycles. The summed E-state index contributed by atoms with van der Waals surface area (Å²) in [6.07, 6.45) is 1.45. The SMILES string of the molecule is CNC(=O)NC(=O)[C@@H](OC(=O)/C=C/c1ccc2c(c1)OCO2)c1ccccc1. The van der Waals surface area contributed by atoms with E-state index in [1.165, 1.54) is 19.2 Å². The van der Waals surface area contributed by atoms with Gasteiger partial charge in [0, 0.05) is 18.7 Å². The predicted octanol–water partition coefficient (Wildman–Crippen LogP) is 2.17. The van der Waals surface area contributed by atoms with E-state index in [1.54, 1.807) is 48.5 Å². The van der Waals surface area contributed by atoms with E-state index in [9.17, 15) is 14.4 Å². The maximum Gasteiger partial charge on any atom is 0.331 e. The van der Waals surface area contributed by atoms with Gasteiger partial charge in [-0.05, 0) is 23.8 Å². The zero-order valence-electron chi connectivity index (χ0n) is 15.0. The molecule has 0 unspecified atom stereocenters. The fourth-order valence-electron chi connectivity index (χ4n) is 2.48. The first kappa shape index (κ1) is 19.0. The van der Waals surface area contributed by atoms with Crippen LogP contribution in [0.4, 0.5) is 4.79 Å². The number of hydrogen-bond donors (Lipinski definition) is 2. The van der Waals surface area contributed by atoms with Crippen LogP contribution in [0.5, 0.6) is 11.5 Å². The molecule has 2 N–H and O–H groups in total. The first-order valence-electron chi connectivity index (χ1n) is 8.42. The van der Waals surface area contributed by atoms with Gasteiger partial charge in [0.2, 0.25) is 12.9 Å². The van der Waals surface area contributed by atoms with Crippen LogP contribution in [0, 0.1) is 0 Å². The molecule has 1 aliphatic heterocycles. The summed E-state index contributed by atoms with van der Waals surface area (Å²) in [5, 5.41) is 4.39. The van der Waals surface area contributed by atoms with Crippen molar-refractivity contribution in [2.45, 2.75) is 6.10 Å². The van der Waals surface area contributed by atoms with Crippen LogP contribution < -0.4 is 20.1 Å². The number of benzene rings is 2. The highest BCUT2D eigenvalue weighted by atomic mass is 16.7. The number of hydrogen-bond acceptors (Lipinski definition) is 6. The Balaban J connectivity index is 1.71. The second kappa shape index (κ2) is 8.72. The minimum atomic E-state index is -1.27. The lowest BCUT2D eigenvalue weighted by Crippen LogP contribution is -2.41. The number of imide groups is 1. The summed E-state index contributed by atoms with van der Waals surface area (Å²) in [4.78, 5) is 36.0. The van der Waals surface area contributed by atoms with Gasteiger partial charge < -0.3 is 19.5 Å². The van der Waals surface area contributed by atoms with Crippen molar-refractivity contribution >= 4 is 24.0 Å². The van der Waals surface area contributed by atoms with E-state index in [0.717, 1.165) is 0 Å². The molecule has 0 saturated heterocycles. The van der Waals surface area contributed by atoms with Crippen molar-refractivity contribution in [3.63, 3.8) is 0 Å². The highest BCUT2D eigenvalue weighted by Gasteiger charge is 2.25. The van der Waals surface area contributed by atoms with Gasteiger partial charge in [0.25, 0.3) is 5.91 Å². The third-order valence-electron chi connectivity index (χ3n) is 3.85. The summed E-state index contributed by atoms with van der Waals surface area (Å²) < 4.78 is 15.8. The summed E-state index contributed by atoms with van der Waals surface area (Å²) in [5.74, 6) is -0.272. The molecule has 2 aromatic carbocycles. The average Bonchev–Trinajstić information content (AvgIpc) is 3.18. The Morgan fingerprint density at radius 1 is 1.07 bits per heavy atom. The molecule has 0 aromatic heterocycles. The molecule has 144 valence electrons. The molecule has 1 atom stereocenters. The topological polar surface area (TPSA) is 103 Å². The van der Waals surface area contributed by atoms with E-state index in [0.29, 0.717) is 22.6 Å². The summed E-state index contributed by atoms with van der Waals surface area (Å²) in [6, 6.07) is 12.9. The number of esters is 1. The first-order chi connectivity index (χ1) is 13.6. The number of nitrogens with one attached hydrogen (secondary N) is 2. The van der Waals surface area contributed by atoms with Crippen molar-refractivity contribution < 1.29 is 28.6 Å². The van der Waals surface area contributed by atoms with E-state index < -0.39 is 24.0 Å². The van der Waals surface area contributed by atoms with Crippen molar-refractivity contribution in [1.82, 2.24) is 10.6 Å². The maximum absolute atomic E-state index is 12.3. The van der Waals surface area contributed by atoms with Gasteiger partial charge >= 0.3 is 12.0 Å². The summed E-state index contributed by atoms with van der Waals surface area (Å²) in [6.45, 7) is 0.156. The van der Waals surface area contributed by atoms with Gasteiger partial charge in [-0.2, -0.15) is 0 Å². The molecule has 1 aliphatic rings. The molecule has 0 radical (unpaired) electrons. The molecular weight excluding hydrogens is 364 g/mol. The lowest BCUT2D eigenvalue weighted by molar-refractivity contribution is -0.151. The highest BCUT2D eigenvalue weighted by molar-refractivity contribution is 5.98. The van der Waals surface area contributed by atoms with Crippen LogP contribution in [0.2, 0.25) is 0 Å². The molecular formula is C20H18N2O6. The minimum absolute atomic E-state index is 0.156. The van der Waals surface area contributed by atoms with E-state index in [1.807, 2.05) is 0 Å². The van der Waals surface area contributed by atoms with Gasteiger partial charge in [0.05, 0.1) is 0 Å². The van der Waals surface area contributed by atoms with Gasteiger partial charge in [-0.1, -0.05) is 36.4 Å². The summed E-state index contributed by atoms with van der Waals surface area (Å²) >= 11 is 0. The van der Waals surface area contributed by atoms with Crippen LogP contribution in [0.15, 0.2) is 54.6 Å². The Kier molecular flexibility index (Phi) is 5.91. The van der Waals surface area contributed by atoms with Crippen LogP contribution in [0.3, 0.4) is 0 Å². The van der Waals surface area contributed by atoms with Crippen LogP contribution in [-0.4, -0.2) is 31.7 Å². The molecule has 3 rings (SSSR count). The summed E-state index contributed by atoms with van der Waals surface area (Å²) in [5.41, 5.74) is 1.14. The molecule has 0 bridgehead atoms. The number of carbonyl (C=O) groups is 3. The number of rotatable bonds is 5. The quantitative estimate of drug-likeness (QED) is 0.607. The number of amides is 3. The van der Waals surface area contributed by atoms with Crippen molar-refractivity contribution in [1.29, 1.82) is 0 Å². The first-order valence-corrected chi connectivity index (χ1v) is 8.42. The van der Waals surface area contributed by atoms with Crippen molar-refractivity contribution in [2.24, 2.45) is 0 Å². The Hall–Kier alpha value is -3.81. The molecule has 8 nitrogen and oxygen atoms in total. The van der Waals surface area contributed by atoms with Crippen LogP contribution >= 0.6 is 0 Å². The molecule has 1 heterocycles. The maximum atomic E-state index is 12.3. The number of urea groups is 1. The van der Waals surface area contributed by atoms with Gasteiger partial charge in [0.1, 0.15) is 0 Å². The lowest BCUT2D eigenvalue weighted by Gasteiger charge is -2.16. The highest BCUT2D eigenvalue weighted by Crippen LogP contribution is 2.32. The standard InChI is InChI=1S/C20H18N2O6/c1-21-20(25)22-19(24)18(14-5-3-2-4-6-14)28-17(23)10-8-13-7-9-15-16(11-13)27-12-26-15/h2-11,18H,12H2,1H3,(H2,21,22,24,25)/b10-8+/t18-/m0/s1. The zero-order chi connectivity index (χ0) is 19.9. The molecule has 3 amide bonds. The van der Waals surface area contributed by atoms with E-state index in [4.69, 9.17) is 14.2 Å². The summed E-state index contributed by atoms with van der Waals surface area (Å²) in [7, 11) is 1.38. The number of carbonyl (C=O) groups excluding carboxylic acids is 3. The van der Waals surface area contributed by atoms with Gasteiger partial charge in [-0.3, -0.25) is 10.1 Å². The predicted molar refractivity (Wildman–Crippen MR) is 99.5 cm³/mol. The third-order valence-corrected chi connectivity index (χ3v) is 3.85. The Labute approximate surface area is 161 Å². The lowest BCUT2D eigenvalue weighted by atomic mass is 10.1. The van der Waals surface area contributed by atoms with E-state index >= 15 is 0 Å². The minimum Gasteiger partial charge on any atom is -0.454 e. The van der Waals surface area contributed by atoms with Crippen LogP contribution in [-0.2, 0) is 14.3 Å².